The zero-order valence-electron chi connectivity index (χ0n) is 12.1. The average molecular weight is 317 g/mol. The predicted molar refractivity (Wildman–Crippen MR) is 82.4 cm³/mol. The smallest absolute Gasteiger partial charge is 0.243 e. The molecule has 20 heavy (non-hydrogen) atoms. The van der Waals surface area contributed by atoms with Crippen LogP contribution >= 0.6 is 11.6 Å². The summed E-state index contributed by atoms with van der Waals surface area (Å²) in [6.07, 6.45) is 2.22. The number of sulfonamides is 1. The first-order valence-electron chi connectivity index (χ1n) is 6.81. The van der Waals surface area contributed by atoms with Crippen LogP contribution in [0.5, 0.6) is 0 Å². The molecule has 0 aliphatic heterocycles. The minimum absolute atomic E-state index is 0.0715. The van der Waals surface area contributed by atoms with E-state index in [-0.39, 0.29) is 10.9 Å². The van der Waals surface area contributed by atoms with Gasteiger partial charge in [-0.15, -0.1) is 0 Å². The van der Waals surface area contributed by atoms with Gasteiger partial charge in [0.2, 0.25) is 10.0 Å². The standard InChI is InChI=1S/C14H21ClN2O2S/c1-9(2)17(8-11-4-5-11)20(18,19)12-6-10(3)14(15)13(16)7-12/h6-7,9,11H,4-5,8,16H2,1-3H3. The van der Waals surface area contributed by atoms with Crippen molar-refractivity contribution in [3.8, 4) is 0 Å². The Morgan fingerprint density at radius 1 is 1.40 bits per heavy atom. The van der Waals surface area contributed by atoms with Crippen molar-refractivity contribution >= 4 is 27.3 Å². The van der Waals surface area contributed by atoms with Gasteiger partial charge >= 0.3 is 0 Å². The van der Waals surface area contributed by atoms with Gasteiger partial charge in [-0.1, -0.05) is 11.6 Å². The van der Waals surface area contributed by atoms with Crippen molar-refractivity contribution < 1.29 is 8.42 Å². The van der Waals surface area contributed by atoms with Crippen molar-refractivity contribution in [3.63, 3.8) is 0 Å². The average Bonchev–Trinajstić information content (AvgIpc) is 3.15. The highest BCUT2D eigenvalue weighted by Crippen LogP contribution is 2.34. The fraction of sp³-hybridized carbons (Fsp3) is 0.571. The van der Waals surface area contributed by atoms with Crippen LogP contribution in [0.15, 0.2) is 17.0 Å². The molecular weight excluding hydrogens is 296 g/mol. The van der Waals surface area contributed by atoms with Crippen LogP contribution in [0.1, 0.15) is 32.3 Å². The molecule has 1 aliphatic carbocycles. The SMILES string of the molecule is Cc1cc(S(=O)(=O)N(CC2CC2)C(C)C)cc(N)c1Cl. The lowest BCUT2D eigenvalue weighted by atomic mass is 10.2. The van der Waals surface area contributed by atoms with Crippen LogP contribution in [0.25, 0.3) is 0 Å². The second-order valence-electron chi connectivity index (χ2n) is 5.76. The summed E-state index contributed by atoms with van der Waals surface area (Å²) >= 11 is 6.00. The summed E-state index contributed by atoms with van der Waals surface area (Å²) in [7, 11) is -3.52. The molecule has 0 saturated heterocycles. The zero-order valence-corrected chi connectivity index (χ0v) is 13.6. The number of nitrogens with zero attached hydrogens (tertiary/aromatic N) is 1. The summed E-state index contributed by atoms with van der Waals surface area (Å²) in [4.78, 5) is 0.228. The Hall–Kier alpha value is -0.780. The van der Waals surface area contributed by atoms with E-state index in [1.807, 2.05) is 13.8 Å². The van der Waals surface area contributed by atoms with Crippen LogP contribution in [0.2, 0.25) is 5.02 Å². The van der Waals surface area contributed by atoms with Gasteiger partial charge in [-0.3, -0.25) is 0 Å². The van der Waals surface area contributed by atoms with Gasteiger partial charge in [0.15, 0.2) is 0 Å². The molecule has 1 fully saturated rings. The van der Waals surface area contributed by atoms with Gasteiger partial charge < -0.3 is 5.73 Å². The van der Waals surface area contributed by atoms with E-state index in [9.17, 15) is 8.42 Å². The van der Waals surface area contributed by atoms with Gasteiger partial charge in [-0.2, -0.15) is 4.31 Å². The van der Waals surface area contributed by atoms with Crippen LogP contribution < -0.4 is 5.73 Å². The summed E-state index contributed by atoms with van der Waals surface area (Å²) in [6, 6.07) is 2.97. The maximum Gasteiger partial charge on any atom is 0.243 e. The van der Waals surface area contributed by atoms with Crippen molar-refractivity contribution in [1.82, 2.24) is 4.31 Å². The maximum absolute atomic E-state index is 12.8. The van der Waals surface area contributed by atoms with E-state index in [1.165, 1.54) is 6.07 Å². The lowest BCUT2D eigenvalue weighted by Crippen LogP contribution is -2.38. The normalized spacial score (nSPS) is 16.1. The Morgan fingerprint density at radius 2 is 2.00 bits per heavy atom. The molecule has 0 heterocycles. The van der Waals surface area contributed by atoms with Crippen molar-refractivity contribution in [2.45, 2.75) is 44.6 Å². The lowest BCUT2D eigenvalue weighted by molar-refractivity contribution is 0.341. The number of aryl methyl sites for hydroxylation is 1. The summed E-state index contributed by atoms with van der Waals surface area (Å²) in [5.74, 6) is 0.498. The molecule has 1 aromatic carbocycles. The molecule has 0 amide bonds. The molecule has 0 bridgehead atoms. The number of hydrogen-bond acceptors (Lipinski definition) is 3. The highest BCUT2D eigenvalue weighted by molar-refractivity contribution is 7.89. The maximum atomic E-state index is 12.8. The lowest BCUT2D eigenvalue weighted by Gasteiger charge is -2.26. The summed E-state index contributed by atoms with van der Waals surface area (Å²) < 4.78 is 27.1. The van der Waals surface area contributed by atoms with E-state index in [0.29, 0.717) is 28.7 Å². The first-order valence-corrected chi connectivity index (χ1v) is 8.62. The first-order chi connectivity index (χ1) is 9.23. The van der Waals surface area contributed by atoms with Crippen molar-refractivity contribution in [2.24, 2.45) is 5.92 Å². The molecule has 0 atom stereocenters. The minimum atomic E-state index is -3.52. The number of halogens is 1. The molecule has 0 unspecified atom stereocenters. The molecule has 1 aromatic rings. The summed E-state index contributed by atoms with van der Waals surface area (Å²) in [5, 5.41) is 0.419. The topological polar surface area (TPSA) is 63.4 Å². The molecule has 112 valence electrons. The van der Waals surface area contributed by atoms with E-state index in [4.69, 9.17) is 17.3 Å². The van der Waals surface area contributed by atoms with Gasteiger partial charge in [0.1, 0.15) is 0 Å². The number of benzene rings is 1. The fourth-order valence-corrected chi connectivity index (χ4v) is 4.13. The van der Waals surface area contributed by atoms with Crippen LogP contribution in [-0.2, 0) is 10.0 Å². The number of rotatable bonds is 5. The Balaban J connectivity index is 2.41. The number of anilines is 1. The van der Waals surface area contributed by atoms with Crippen LogP contribution in [-0.4, -0.2) is 25.3 Å². The van der Waals surface area contributed by atoms with E-state index < -0.39 is 10.0 Å². The summed E-state index contributed by atoms with van der Waals surface area (Å²) in [5.41, 5.74) is 6.78. The quantitative estimate of drug-likeness (QED) is 0.849. The Labute approximate surface area is 126 Å². The van der Waals surface area contributed by atoms with E-state index in [0.717, 1.165) is 12.8 Å². The van der Waals surface area contributed by atoms with Gasteiger partial charge in [0, 0.05) is 12.6 Å². The molecule has 2 rings (SSSR count). The molecular formula is C14H21ClN2O2S. The molecule has 0 aromatic heterocycles. The van der Waals surface area contributed by atoms with Gasteiger partial charge in [-0.05, 0) is 57.2 Å². The van der Waals surface area contributed by atoms with Crippen LogP contribution in [0.4, 0.5) is 5.69 Å². The zero-order chi connectivity index (χ0) is 15.1. The Morgan fingerprint density at radius 3 is 2.45 bits per heavy atom. The number of hydrogen-bond donors (Lipinski definition) is 1. The molecule has 2 N–H and O–H groups in total. The largest absolute Gasteiger partial charge is 0.397 e. The monoisotopic (exact) mass is 316 g/mol. The third-order valence-corrected chi connectivity index (χ3v) is 6.11. The van der Waals surface area contributed by atoms with E-state index >= 15 is 0 Å². The van der Waals surface area contributed by atoms with E-state index in [1.54, 1.807) is 17.3 Å². The molecule has 0 spiro atoms. The van der Waals surface area contributed by atoms with Gasteiger partial charge in [-0.25, -0.2) is 8.42 Å². The number of nitrogen functional groups attached to an aromatic ring is 1. The highest BCUT2D eigenvalue weighted by Gasteiger charge is 2.33. The minimum Gasteiger partial charge on any atom is -0.397 e. The predicted octanol–water partition coefficient (Wildman–Crippen LogP) is 3.04. The highest BCUT2D eigenvalue weighted by atomic mass is 35.5. The third kappa shape index (κ3) is 3.10. The molecule has 4 nitrogen and oxygen atoms in total. The van der Waals surface area contributed by atoms with Crippen molar-refractivity contribution in [3.05, 3.63) is 22.7 Å². The fourth-order valence-electron chi connectivity index (χ4n) is 2.19. The van der Waals surface area contributed by atoms with Crippen molar-refractivity contribution in [1.29, 1.82) is 0 Å². The van der Waals surface area contributed by atoms with E-state index in [2.05, 4.69) is 0 Å². The first kappa shape index (κ1) is 15.6. The number of nitrogens with two attached hydrogens (primary N) is 1. The van der Waals surface area contributed by atoms with Crippen LogP contribution in [0, 0.1) is 12.8 Å². The second-order valence-corrected chi connectivity index (χ2v) is 8.02. The van der Waals surface area contributed by atoms with Gasteiger partial charge in [0.25, 0.3) is 0 Å². The molecule has 1 saturated carbocycles. The Kier molecular flexibility index (Phi) is 4.33. The second kappa shape index (κ2) is 5.54. The molecule has 0 radical (unpaired) electrons. The molecule has 1 aliphatic rings. The van der Waals surface area contributed by atoms with Crippen molar-refractivity contribution in [2.75, 3.05) is 12.3 Å². The summed E-state index contributed by atoms with van der Waals surface area (Å²) in [6.45, 7) is 6.14. The Bertz CT molecular complexity index is 587. The third-order valence-electron chi connectivity index (χ3n) is 3.57. The van der Waals surface area contributed by atoms with Gasteiger partial charge in [0.05, 0.1) is 15.6 Å². The van der Waals surface area contributed by atoms with Crippen LogP contribution in [0.3, 0.4) is 0 Å². The molecule has 6 heteroatoms.